The largest absolute Gasteiger partial charge is 0.320 e. The Morgan fingerprint density at radius 2 is 2.15 bits per heavy atom. The number of hydrogen-bond donors (Lipinski definition) is 2. The number of primary sulfonamides is 1. The molecule has 10 heteroatoms. The molecule has 0 unspecified atom stereocenters. The Morgan fingerprint density at radius 1 is 1.45 bits per heavy atom. The zero-order valence-corrected chi connectivity index (χ0v) is 13.3. The number of sulfonamides is 1. The summed E-state index contributed by atoms with van der Waals surface area (Å²) in [6.45, 7) is 1.59. The summed E-state index contributed by atoms with van der Waals surface area (Å²) in [6, 6.07) is 2.86. The molecule has 0 aliphatic carbocycles. The van der Waals surface area contributed by atoms with E-state index in [1.807, 2.05) is 0 Å². The first-order chi connectivity index (χ1) is 9.29. The van der Waals surface area contributed by atoms with Crippen molar-refractivity contribution in [1.82, 2.24) is 9.59 Å². The summed E-state index contributed by atoms with van der Waals surface area (Å²) in [5, 5.41) is 12.9. The molecule has 0 spiro atoms. The first-order valence-electron chi connectivity index (χ1n) is 5.20. The summed E-state index contributed by atoms with van der Waals surface area (Å²) in [6.07, 6.45) is 0. The van der Waals surface area contributed by atoms with Crippen molar-refractivity contribution in [2.45, 2.75) is 11.8 Å². The van der Waals surface area contributed by atoms with Gasteiger partial charge >= 0.3 is 0 Å². The number of carbonyl (C=O) groups excluding carboxylic acids is 1. The van der Waals surface area contributed by atoms with Gasteiger partial charge in [-0.15, -0.1) is 5.10 Å². The molecule has 0 aliphatic rings. The Bertz CT molecular complexity index is 759. The van der Waals surface area contributed by atoms with Crippen molar-refractivity contribution in [2.24, 2.45) is 5.14 Å². The van der Waals surface area contributed by atoms with Crippen molar-refractivity contribution < 1.29 is 13.2 Å². The maximum Gasteiger partial charge on any atom is 0.277 e. The molecule has 7 nitrogen and oxygen atoms in total. The number of anilines is 1. The number of nitrogens with two attached hydrogens (primary N) is 1. The maximum atomic E-state index is 11.8. The van der Waals surface area contributed by atoms with E-state index in [0.717, 1.165) is 11.5 Å². The number of benzene rings is 1. The average Bonchev–Trinajstić information content (AvgIpc) is 2.85. The van der Waals surface area contributed by atoms with Gasteiger partial charge in [0.15, 0.2) is 5.69 Å². The normalized spacial score (nSPS) is 11.3. The molecule has 1 heterocycles. The molecule has 2 aromatic rings. The maximum absolute atomic E-state index is 11.8. The molecule has 0 bridgehead atoms. The van der Waals surface area contributed by atoms with Crippen LogP contribution in [0.4, 0.5) is 5.69 Å². The SMILES string of the molecule is Cc1cc(NC(=O)c2csnn2)c(Br)cc1S(N)(=O)=O. The molecule has 0 fully saturated rings. The lowest BCUT2D eigenvalue weighted by molar-refractivity contribution is 0.102. The number of nitrogens with zero attached hydrogens (tertiary/aromatic N) is 2. The van der Waals surface area contributed by atoms with E-state index in [1.54, 1.807) is 6.92 Å². The summed E-state index contributed by atoms with van der Waals surface area (Å²) in [7, 11) is -3.81. The van der Waals surface area contributed by atoms with Gasteiger partial charge in [0, 0.05) is 9.85 Å². The van der Waals surface area contributed by atoms with Gasteiger partial charge in [-0.25, -0.2) is 13.6 Å². The Labute approximate surface area is 127 Å². The molecule has 0 saturated carbocycles. The number of aromatic nitrogens is 2. The highest BCUT2D eigenvalue weighted by atomic mass is 79.9. The fraction of sp³-hybridized carbons (Fsp3) is 0.100. The number of amides is 1. The van der Waals surface area contributed by atoms with Gasteiger partial charge in [-0.05, 0) is 52.1 Å². The molecule has 20 heavy (non-hydrogen) atoms. The molecule has 0 atom stereocenters. The molecule has 2 rings (SSSR count). The number of rotatable bonds is 3. The molecule has 0 saturated heterocycles. The summed E-state index contributed by atoms with van der Waals surface area (Å²) < 4.78 is 26.8. The minimum absolute atomic E-state index is 0.00213. The molecular weight excluding hydrogens is 368 g/mol. The Balaban J connectivity index is 2.35. The molecule has 106 valence electrons. The van der Waals surface area contributed by atoms with Gasteiger partial charge in [0.05, 0.1) is 10.6 Å². The van der Waals surface area contributed by atoms with Crippen LogP contribution in [0.5, 0.6) is 0 Å². The molecule has 3 N–H and O–H groups in total. The van der Waals surface area contributed by atoms with Gasteiger partial charge in [0.1, 0.15) is 0 Å². The van der Waals surface area contributed by atoms with E-state index in [1.165, 1.54) is 17.5 Å². The van der Waals surface area contributed by atoms with Crippen LogP contribution in [-0.4, -0.2) is 23.9 Å². The minimum atomic E-state index is -3.81. The van der Waals surface area contributed by atoms with Gasteiger partial charge < -0.3 is 5.32 Å². The van der Waals surface area contributed by atoms with Crippen LogP contribution in [-0.2, 0) is 10.0 Å². The number of aryl methyl sites for hydroxylation is 1. The van der Waals surface area contributed by atoms with Gasteiger partial charge in [0.25, 0.3) is 5.91 Å². The van der Waals surface area contributed by atoms with Crippen molar-refractivity contribution in [1.29, 1.82) is 0 Å². The highest BCUT2D eigenvalue weighted by Crippen LogP contribution is 2.28. The van der Waals surface area contributed by atoms with E-state index in [0.29, 0.717) is 15.7 Å². The fourth-order valence-electron chi connectivity index (χ4n) is 1.52. The van der Waals surface area contributed by atoms with Crippen LogP contribution in [0.3, 0.4) is 0 Å². The highest BCUT2D eigenvalue weighted by molar-refractivity contribution is 9.10. The predicted molar refractivity (Wildman–Crippen MR) is 78.1 cm³/mol. The third-order valence-corrected chi connectivity index (χ3v) is 4.63. The molecule has 0 radical (unpaired) electrons. The second kappa shape index (κ2) is 5.56. The lowest BCUT2D eigenvalue weighted by Crippen LogP contribution is -2.16. The van der Waals surface area contributed by atoms with Crippen LogP contribution in [0.2, 0.25) is 0 Å². The minimum Gasteiger partial charge on any atom is -0.320 e. The van der Waals surface area contributed by atoms with Gasteiger partial charge in [-0.2, -0.15) is 0 Å². The lowest BCUT2D eigenvalue weighted by atomic mass is 10.2. The highest BCUT2D eigenvalue weighted by Gasteiger charge is 2.16. The summed E-state index contributed by atoms with van der Waals surface area (Å²) in [5.74, 6) is -0.429. The standard InChI is InChI=1S/C10H9BrN4O3S2/c1-5-2-7(6(11)3-9(5)20(12,17)18)13-10(16)8-4-19-15-14-8/h2-4H,1H3,(H,13,16)(H2,12,17,18). The second-order valence-corrected chi connectivity index (χ2v) is 6.88. The van der Waals surface area contributed by atoms with Gasteiger partial charge in [-0.3, -0.25) is 4.79 Å². The van der Waals surface area contributed by atoms with Crippen molar-refractivity contribution in [2.75, 3.05) is 5.32 Å². The van der Waals surface area contributed by atoms with Crippen LogP contribution in [0.1, 0.15) is 16.1 Å². The second-order valence-electron chi connectivity index (χ2n) is 3.89. The zero-order valence-electron chi connectivity index (χ0n) is 10.1. The van der Waals surface area contributed by atoms with Crippen molar-refractivity contribution in [3.05, 3.63) is 33.2 Å². The molecule has 1 aromatic heterocycles. The van der Waals surface area contributed by atoms with Gasteiger partial charge in [-0.1, -0.05) is 4.49 Å². The number of nitrogens with one attached hydrogen (secondary N) is 1. The van der Waals surface area contributed by atoms with E-state index < -0.39 is 15.9 Å². The van der Waals surface area contributed by atoms with Crippen LogP contribution >= 0.6 is 27.5 Å². The van der Waals surface area contributed by atoms with Gasteiger partial charge in [0.2, 0.25) is 10.0 Å². The Morgan fingerprint density at radius 3 is 2.70 bits per heavy atom. The summed E-state index contributed by atoms with van der Waals surface area (Å²) >= 11 is 4.26. The smallest absolute Gasteiger partial charge is 0.277 e. The van der Waals surface area contributed by atoms with E-state index >= 15 is 0 Å². The molecular formula is C10H9BrN4O3S2. The van der Waals surface area contributed by atoms with E-state index in [-0.39, 0.29) is 10.6 Å². The monoisotopic (exact) mass is 376 g/mol. The lowest BCUT2D eigenvalue weighted by Gasteiger charge is -2.10. The quantitative estimate of drug-likeness (QED) is 0.841. The first-order valence-corrected chi connectivity index (χ1v) is 8.38. The molecule has 1 amide bonds. The third kappa shape index (κ3) is 3.20. The third-order valence-electron chi connectivity index (χ3n) is 2.41. The van der Waals surface area contributed by atoms with Crippen LogP contribution in [0.15, 0.2) is 26.9 Å². The van der Waals surface area contributed by atoms with E-state index in [9.17, 15) is 13.2 Å². The van der Waals surface area contributed by atoms with E-state index in [4.69, 9.17) is 5.14 Å². The van der Waals surface area contributed by atoms with Crippen LogP contribution < -0.4 is 10.5 Å². The Kier molecular flexibility index (Phi) is 4.18. The molecule has 1 aromatic carbocycles. The van der Waals surface area contributed by atoms with Crippen molar-refractivity contribution >= 4 is 49.1 Å². The number of hydrogen-bond acceptors (Lipinski definition) is 6. The Hall–Kier alpha value is -1.36. The number of halogens is 1. The predicted octanol–water partition coefficient (Wildman–Crippen LogP) is 1.51. The fourth-order valence-corrected chi connectivity index (χ4v) is 3.34. The summed E-state index contributed by atoms with van der Waals surface area (Å²) in [4.78, 5) is 11.8. The average molecular weight is 377 g/mol. The zero-order chi connectivity index (χ0) is 14.9. The number of carbonyl (C=O) groups is 1. The summed E-state index contributed by atoms with van der Waals surface area (Å²) in [5.41, 5.74) is 1.05. The molecule has 0 aliphatic heterocycles. The van der Waals surface area contributed by atoms with Crippen molar-refractivity contribution in [3.63, 3.8) is 0 Å². The topological polar surface area (TPSA) is 115 Å². The first kappa shape index (κ1) is 15.0. The van der Waals surface area contributed by atoms with E-state index in [2.05, 4.69) is 30.8 Å². The van der Waals surface area contributed by atoms with Crippen LogP contribution in [0, 0.1) is 6.92 Å². The van der Waals surface area contributed by atoms with Crippen LogP contribution in [0.25, 0.3) is 0 Å². The van der Waals surface area contributed by atoms with Crippen molar-refractivity contribution in [3.8, 4) is 0 Å².